The van der Waals surface area contributed by atoms with Gasteiger partial charge in [0.1, 0.15) is 0 Å². The Balaban J connectivity index is 1.47. The van der Waals surface area contributed by atoms with Crippen molar-refractivity contribution < 1.29 is 4.74 Å². The highest BCUT2D eigenvalue weighted by atomic mass is 16.5. The Morgan fingerprint density at radius 1 is 1.00 bits per heavy atom. The predicted molar refractivity (Wildman–Crippen MR) is 115 cm³/mol. The van der Waals surface area contributed by atoms with Gasteiger partial charge in [-0.25, -0.2) is 0 Å². The third-order valence-electron chi connectivity index (χ3n) is 6.51. The molecule has 0 heterocycles. The van der Waals surface area contributed by atoms with Crippen molar-refractivity contribution in [1.82, 2.24) is 0 Å². The molecule has 0 aliphatic heterocycles. The highest BCUT2D eigenvalue weighted by molar-refractivity contribution is 5.37. The van der Waals surface area contributed by atoms with Crippen LogP contribution in [0.3, 0.4) is 0 Å². The van der Waals surface area contributed by atoms with Gasteiger partial charge in [-0.2, -0.15) is 0 Å². The molecule has 0 amide bonds. The van der Waals surface area contributed by atoms with E-state index in [1.165, 1.54) is 75.3 Å². The maximum atomic E-state index is 5.74. The van der Waals surface area contributed by atoms with Crippen LogP contribution in [0.5, 0.6) is 0 Å². The van der Waals surface area contributed by atoms with E-state index in [1.807, 2.05) is 0 Å². The summed E-state index contributed by atoms with van der Waals surface area (Å²) in [6.45, 7) is 6.78. The van der Waals surface area contributed by atoms with Gasteiger partial charge in [-0.15, -0.1) is 6.58 Å². The van der Waals surface area contributed by atoms with Gasteiger partial charge < -0.3 is 4.74 Å². The second kappa shape index (κ2) is 10.7. The molecule has 0 unspecified atom stereocenters. The van der Waals surface area contributed by atoms with Crippen LogP contribution in [-0.2, 0) is 4.74 Å². The molecule has 0 aromatic heterocycles. The van der Waals surface area contributed by atoms with Crippen LogP contribution < -0.4 is 0 Å². The molecule has 1 nitrogen and oxygen atoms in total. The van der Waals surface area contributed by atoms with E-state index in [0.717, 1.165) is 18.4 Å². The minimum atomic E-state index is 0.471. The molecule has 0 spiro atoms. The topological polar surface area (TPSA) is 9.23 Å². The summed E-state index contributed by atoms with van der Waals surface area (Å²) in [5.74, 6) is 9.15. The van der Waals surface area contributed by atoms with Gasteiger partial charge in [-0.1, -0.05) is 30.0 Å². The Morgan fingerprint density at radius 2 is 1.70 bits per heavy atom. The first kappa shape index (κ1) is 20.2. The first-order chi connectivity index (χ1) is 13.3. The molecule has 0 bridgehead atoms. The highest BCUT2D eigenvalue weighted by Crippen LogP contribution is 2.37. The lowest BCUT2D eigenvalue weighted by Gasteiger charge is -2.28. The van der Waals surface area contributed by atoms with E-state index in [2.05, 4.69) is 55.7 Å². The zero-order valence-corrected chi connectivity index (χ0v) is 17.1. The molecule has 2 saturated carbocycles. The van der Waals surface area contributed by atoms with Crippen LogP contribution in [0.2, 0.25) is 0 Å². The zero-order valence-electron chi connectivity index (χ0n) is 17.1. The number of hydrogen-bond donors (Lipinski definition) is 0. The standard InChI is InChI=1S/C26H36O/c1-3-5-6-21-9-15-24(16-10-21)25-17-11-22(12-18-25)7-8-23-13-19-26(20-14-23)27-4-2/h3,11-12,17-18,21,23-24,26H,1,4-6,9-10,13-16,19-20H2,2H3. The maximum Gasteiger partial charge on any atom is 0.0575 e. The minimum absolute atomic E-state index is 0.471. The van der Waals surface area contributed by atoms with Crippen LogP contribution in [0.1, 0.15) is 88.2 Å². The van der Waals surface area contributed by atoms with Gasteiger partial charge in [0, 0.05) is 18.1 Å². The third kappa shape index (κ3) is 6.25. The molecule has 0 radical (unpaired) electrons. The molecule has 3 rings (SSSR count). The van der Waals surface area contributed by atoms with Crippen LogP contribution >= 0.6 is 0 Å². The molecule has 2 aliphatic rings. The third-order valence-corrected chi connectivity index (χ3v) is 6.51. The monoisotopic (exact) mass is 364 g/mol. The van der Waals surface area contributed by atoms with Crippen molar-refractivity contribution in [2.45, 2.75) is 83.2 Å². The van der Waals surface area contributed by atoms with E-state index in [-0.39, 0.29) is 0 Å². The predicted octanol–water partition coefficient (Wildman–Crippen LogP) is 6.87. The molecule has 2 aliphatic carbocycles. The average Bonchev–Trinajstić information content (AvgIpc) is 2.73. The van der Waals surface area contributed by atoms with E-state index in [4.69, 9.17) is 4.74 Å². The minimum Gasteiger partial charge on any atom is -0.379 e. The number of benzene rings is 1. The molecular weight excluding hydrogens is 328 g/mol. The van der Waals surface area contributed by atoms with E-state index >= 15 is 0 Å². The summed E-state index contributed by atoms with van der Waals surface area (Å²) < 4.78 is 5.74. The molecule has 27 heavy (non-hydrogen) atoms. The van der Waals surface area contributed by atoms with Gasteiger partial charge in [-0.05, 0) is 101 Å². The smallest absolute Gasteiger partial charge is 0.0575 e. The Kier molecular flexibility index (Phi) is 8.03. The largest absolute Gasteiger partial charge is 0.379 e. The van der Waals surface area contributed by atoms with Crippen LogP contribution in [0, 0.1) is 23.7 Å². The number of hydrogen-bond acceptors (Lipinski definition) is 1. The molecule has 1 aromatic carbocycles. The molecule has 146 valence electrons. The highest BCUT2D eigenvalue weighted by Gasteiger charge is 2.22. The second-order valence-corrected chi connectivity index (χ2v) is 8.40. The SMILES string of the molecule is C=CCCC1CCC(c2ccc(C#CC3CCC(OCC)CC3)cc2)CC1. The van der Waals surface area contributed by atoms with Crippen LogP contribution in [0.15, 0.2) is 36.9 Å². The van der Waals surface area contributed by atoms with Crippen molar-refractivity contribution in [3.63, 3.8) is 0 Å². The van der Waals surface area contributed by atoms with Crippen molar-refractivity contribution >= 4 is 0 Å². The lowest BCUT2D eigenvalue weighted by atomic mass is 9.77. The second-order valence-electron chi connectivity index (χ2n) is 8.40. The molecule has 0 saturated heterocycles. The van der Waals surface area contributed by atoms with Gasteiger partial charge in [-0.3, -0.25) is 0 Å². The fourth-order valence-corrected chi connectivity index (χ4v) is 4.77. The summed E-state index contributed by atoms with van der Waals surface area (Å²) in [5.41, 5.74) is 2.69. The number of ether oxygens (including phenoxy) is 1. The molecular formula is C26H36O. The quantitative estimate of drug-likeness (QED) is 0.395. The van der Waals surface area contributed by atoms with Crippen LogP contribution in [0.25, 0.3) is 0 Å². The van der Waals surface area contributed by atoms with Crippen molar-refractivity contribution in [3.05, 3.63) is 48.0 Å². The average molecular weight is 365 g/mol. The van der Waals surface area contributed by atoms with Crippen molar-refractivity contribution in [1.29, 1.82) is 0 Å². The van der Waals surface area contributed by atoms with E-state index in [0.29, 0.717) is 12.0 Å². The Bertz CT molecular complexity index is 616. The first-order valence-electron chi connectivity index (χ1n) is 11.1. The van der Waals surface area contributed by atoms with E-state index < -0.39 is 0 Å². The van der Waals surface area contributed by atoms with E-state index in [1.54, 1.807) is 0 Å². The Hall–Kier alpha value is -1.52. The summed E-state index contributed by atoms with van der Waals surface area (Å²) in [7, 11) is 0. The van der Waals surface area contributed by atoms with Crippen molar-refractivity contribution in [3.8, 4) is 11.8 Å². The lowest BCUT2D eigenvalue weighted by Crippen LogP contribution is -2.20. The summed E-state index contributed by atoms with van der Waals surface area (Å²) >= 11 is 0. The molecule has 2 fully saturated rings. The summed E-state index contributed by atoms with van der Waals surface area (Å²) in [5, 5.41) is 0. The van der Waals surface area contributed by atoms with Crippen molar-refractivity contribution in [2.75, 3.05) is 6.61 Å². The van der Waals surface area contributed by atoms with Gasteiger partial charge in [0.25, 0.3) is 0 Å². The first-order valence-corrected chi connectivity index (χ1v) is 11.1. The molecule has 0 N–H and O–H groups in total. The summed E-state index contributed by atoms with van der Waals surface area (Å²) in [6, 6.07) is 9.12. The molecule has 1 heteroatoms. The Labute approximate surface area is 166 Å². The van der Waals surface area contributed by atoms with E-state index in [9.17, 15) is 0 Å². The van der Waals surface area contributed by atoms with Crippen LogP contribution in [-0.4, -0.2) is 12.7 Å². The molecule has 0 atom stereocenters. The zero-order chi connectivity index (χ0) is 18.9. The fourth-order valence-electron chi connectivity index (χ4n) is 4.77. The van der Waals surface area contributed by atoms with Crippen LogP contribution in [0.4, 0.5) is 0 Å². The summed E-state index contributed by atoms with van der Waals surface area (Å²) in [4.78, 5) is 0. The lowest BCUT2D eigenvalue weighted by molar-refractivity contribution is 0.0310. The van der Waals surface area contributed by atoms with Gasteiger partial charge in [0.2, 0.25) is 0 Å². The van der Waals surface area contributed by atoms with Gasteiger partial charge in [0.15, 0.2) is 0 Å². The normalized spacial score (nSPS) is 28.2. The number of rotatable bonds is 6. The summed E-state index contributed by atoms with van der Waals surface area (Å²) in [6.07, 6.45) is 15.2. The number of allylic oxidation sites excluding steroid dienone is 1. The molecule has 1 aromatic rings. The maximum absolute atomic E-state index is 5.74. The van der Waals surface area contributed by atoms with Gasteiger partial charge >= 0.3 is 0 Å². The van der Waals surface area contributed by atoms with Crippen molar-refractivity contribution in [2.24, 2.45) is 11.8 Å². The van der Waals surface area contributed by atoms with Gasteiger partial charge in [0.05, 0.1) is 6.10 Å². The fraction of sp³-hybridized carbons (Fsp3) is 0.615. The Morgan fingerprint density at radius 3 is 2.33 bits per heavy atom.